The Balaban J connectivity index is 1.84. The van der Waals surface area contributed by atoms with Gasteiger partial charge in [-0.2, -0.15) is 0 Å². The highest BCUT2D eigenvalue weighted by Gasteiger charge is 2.09. The number of nitrogens with zero attached hydrogens (tertiary/aromatic N) is 1. The van der Waals surface area contributed by atoms with E-state index in [0.717, 1.165) is 0 Å². The van der Waals surface area contributed by atoms with E-state index in [1.165, 1.54) is 71.2 Å². The van der Waals surface area contributed by atoms with E-state index in [-0.39, 0.29) is 0 Å². The first-order valence-corrected chi connectivity index (χ1v) is 7.51. The fourth-order valence-electron chi connectivity index (χ4n) is 2.46. The van der Waals surface area contributed by atoms with Gasteiger partial charge in [0.25, 0.3) is 0 Å². The molecule has 0 atom stereocenters. The first kappa shape index (κ1) is 15.0. The molecule has 0 bridgehead atoms. The molecule has 1 rings (SSSR count). The van der Waals surface area contributed by atoms with Crippen LogP contribution < -0.4 is 5.32 Å². The molecule has 0 radical (unpaired) electrons. The van der Waals surface area contributed by atoms with Gasteiger partial charge in [0, 0.05) is 26.2 Å². The lowest BCUT2D eigenvalue weighted by Gasteiger charge is -2.27. The predicted molar refractivity (Wildman–Crippen MR) is 76.5 cm³/mol. The maximum atomic E-state index is 3.41. The Labute approximate surface area is 108 Å². The van der Waals surface area contributed by atoms with Crippen molar-refractivity contribution in [2.45, 2.75) is 59.3 Å². The van der Waals surface area contributed by atoms with Crippen molar-refractivity contribution in [3.05, 3.63) is 0 Å². The van der Waals surface area contributed by atoms with Crippen molar-refractivity contribution < 1.29 is 0 Å². The molecular weight excluding hydrogens is 208 g/mol. The molecule has 102 valence electrons. The van der Waals surface area contributed by atoms with E-state index in [9.17, 15) is 0 Å². The Bertz CT molecular complexity index is 178. The van der Waals surface area contributed by atoms with E-state index >= 15 is 0 Å². The van der Waals surface area contributed by atoms with Gasteiger partial charge in [0.1, 0.15) is 0 Å². The molecular formula is C15H32N2. The summed E-state index contributed by atoms with van der Waals surface area (Å²) in [4.78, 5) is 2.60. The van der Waals surface area contributed by atoms with Crippen molar-refractivity contribution in [1.29, 1.82) is 0 Å². The van der Waals surface area contributed by atoms with Crippen molar-refractivity contribution in [1.82, 2.24) is 10.2 Å². The van der Waals surface area contributed by atoms with Crippen LogP contribution in [-0.2, 0) is 0 Å². The largest absolute Gasteiger partial charge is 0.314 e. The van der Waals surface area contributed by atoms with E-state index in [1.807, 2.05) is 0 Å². The van der Waals surface area contributed by atoms with Gasteiger partial charge in [0.05, 0.1) is 0 Å². The monoisotopic (exact) mass is 240 g/mol. The normalized spacial score (nSPS) is 18.5. The third-order valence-corrected chi connectivity index (χ3v) is 3.61. The summed E-state index contributed by atoms with van der Waals surface area (Å²) in [6, 6.07) is 0. The summed E-state index contributed by atoms with van der Waals surface area (Å²) in [6.45, 7) is 13.2. The molecule has 1 aliphatic heterocycles. The molecule has 0 aliphatic carbocycles. The molecule has 1 fully saturated rings. The minimum atomic E-state index is 0.529. The van der Waals surface area contributed by atoms with E-state index < -0.39 is 0 Å². The Morgan fingerprint density at radius 3 is 2.12 bits per heavy atom. The molecule has 0 aromatic heterocycles. The summed E-state index contributed by atoms with van der Waals surface area (Å²) in [6.07, 6.45) is 8.48. The third-order valence-electron chi connectivity index (χ3n) is 3.61. The van der Waals surface area contributed by atoms with Crippen molar-refractivity contribution in [2.75, 3.05) is 32.7 Å². The van der Waals surface area contributed by atoms with Crippen LogP contribution in [-0.4, -0.2) is 37.6 Å². The standard InChI is InChI=1S/C15H32N2/c1-15(2,3)9-7-5-4-6-8-12-17-13-10-16-11-14-17/h16H,4-14H2,1-3H3. The van der Waals surface area contributed by atoms with Gasteiger partial charge in [0.2, 0.25) is 0 Å². The topological polar surface area (TPSA) is 15.3 Å². The number of hydrogen-bond acceptors (Lipinski definition) is 2. The molecule has 1 saturated heterocycles. The maximum absolute atomic E-state index is 3.41. The van der Waals surface area contributed by atoms with E-state index in [4.69, 9.17) is 0 Å². The fourth-order valence-corrected chi connectivity index (χ4v) is 2.46. The molecule has 0 amide bonds. The Kier molecular flexibility index (Phi) is 7.14. The van der Waals surface area contributed by atoms with Crippen LogP contribution in [0.5, 0.6) is 0 Å². The average Bonchev–Trinajstić information content (AvgIpc) is 2.28. The lowest BCUT2D eigenvalue weighted by molar-refractivity contribution is 0.235. The zero-order valence-electron chi connectivity index (χ0n) is 12.2. The summed E-state index contributed by atoms with van der Waals surface area (Å²) < 4.78 is 0. The third kappa shape index (κ3) is 8.62. The van der Waals surface area contributed by atoms with Crippen LogP contribution in [0.15, 0.2) is 0 Å². The number of rotatable bonds is 7. The number of unbranched alkanes of at least 4 members (excludes halogenated alkanes) is 4. The molecule has 2 nitrogen and oxygen atoms in total. The summed E-state index contributed by atoms with van der Waals surface area (Å²) in [5.74, 6) is 0. The van der Waals surface area contributed by atoms with Gasteiger partial charge in [-0.1, -0.05) is 46.5 Å². The zero-order chi connectivity index (χ0) is 12.6. The second-order valence-corrected chi connectivity index (χ2v) is 6.67. The van der Waals surface area contributed by atoms with Gasteiger partial charge < -0.3 is 10.2 Å². The minimum Gasteiger partial charge on any atom is -0.314 e. The van der Waals surface area contributed by atoms with Crippen LogP contribution in [0.25, 0.3) is 0 Å². The molecule has 0 saturated carbocycles. The van der Waals surface area contributed by atoms with Gasteiger partial charge in [-0.3, -0.25) is 0 Å². The van der Waals surface area contributed by atoms with Crippen molar-refractivity contribution in [2.24, 2.45) is 5.41 Å². The van der Waals surface area contributed by atoms with Crippen LogP contribution in [0.2, 0.25) is 0 Å². The van der Waals surface area contributed by atoms with Gasteiger partial charge in [-0.05, 0) is 24.8 Å². The Morgan fingerprint density at radius 2 is 1.47 bits per heavy atom. The summed E-state index contributed by atoms with van der Waals surface area (Å²) in [5, 5.41) is 3.41. The predicted octanol–water partition coefficient (Wildman–Crippen LogP) is 3.28. The second-order valence-electron chi connectivity index (χ2n) is 6.67. The van der Waals surface area contributed by atoms with Crippen molar-refractivity contribution in [3.63, 3.8) is 0 Å². The van der Waals surface area contributed by atoms with Crippen molar-refractivity contribution in [3.8, 4) is 0 Å². The highest BCUT2D eigenvalue weighted by atomic mass is 15.2. The first-order valence-electron chi connectivity index (χ1n) is 7.51. The highest BCUT2D eigenvalue weighted by Crippen LogP contribution is 2.22. The van der Waals surface area contributed by atoms with Crippen molar-refractivity contribution >= 4 is 0 Å². The second kappa shape index (κ2) is 8.10. The van der Waals surface area contributed by atoms with Crippen LogP contribution in [0.3, 0.4) is 0 Å². The molecule has 0 spiro atoms. The Hall–Kier alpha value is -0.0800. The van der Waals surface area contributed by atoms with Gasteiger partial charge in [-0.25, -0.2) is 0 Å². The van der Waals surface area contributed by atoms with Crippen LogP contribution in [0.1, 0.15) is 59.3 Å². The van der Waals surface area contributed by atoms with Crippen LogP contribution in [0.4, 0.5) is 0 Å². The number of hydrogen-bond donors (Lipinski definition) is 1. The molecule has 1 heterocycles. The average molecular weight is 240 g/mol. The molecule has 2 heteroatoms. The van der Waals surface area contributed by atoms with Crippen LogP contribution in [0, 0.1) is 5.41 Å². The first-order chi connectivity index (χ1) is 8.08. The molecule has 0 aromatic carbocycles. The van der Waals surface area contributed by atoms with Gasteiger partial charge in [0.15, 0.2) is 0 Å². The van der Waals surface area contributed by atoms with E-state index in [1.54, 1.807) is 0 Å². The van der Waals surface area contributed by atoms with E-state index in [2.05, 4.69) is 31.0 Å². The molecule has 17 heavy (non-hydrogen) atoms. The van der Waals surface area contributed by atoms with E-state index in [0.29, 0.717) is 5.41 Å². The molecule has 0 aromatic rings. The molecule has 1 N–H and O–H groups in total. The number of nitrogens with one attached hydrogen (secondary N) is 1. The molecule has 1 aliphatic rings. The number of piperazine rings is 1. The van der Waals surface area contributed by atoms with Crippen LogP contribution >= 0.6 is 0 Å². The fraction of sp³-hybridized carbons (Fsp3) is 1.00. The summed E-state index contributed by atoms with van der Waals surface area (Å²) >= 11 is 0. The Morgan fingerprint density at radius 1 is 0.882 bits per heavy atom. The van der Waals surface area contributed by atoms with Gasteiger partial charge >= 0.3 is 0 Å². The smallest absolute Gasteiger partial charge is 0.0107 e. The quantitative estimate of drug-likeness (QED) is 0.687. The SMILES string of the molecule is CC(C)(C)CCCCCCCN1CCNCC1. The highest BCUT2D eigenvalue weighted by molar-refractivity contribution is 4.67. The summed E-state index contributed by atoms with van der Waals surface area (Å²) in [5.41, 5.74) is 0.529. The lowest BCUT2D eigenvalue weighted by atomic mass is 9.89. The minimum absolute atomic E-state index is 0.529. The lowest BCUT2D eigenvalue weighted by Crippen LogP contribution is -2.43. The molecule has 0 unspecified atom stereocenters. The van der Waals surface area contributed by atoms with Gasteiger partial charge in [-0.15, -0.1) is 0 Å². The zero-order valence-corrected chi connectivity index (χ0v) is 12.2. The summed E-state index contributed by atoms with van der Waals surface area (Å²) in [7, 11) is 0. The maximum Gasteiger partial charge on any atom is 0.0107 e.